The standard InChI is InChI=1S/C23H21N3O2/c27-22-13-17-12-19-10-11-21(20(17)14-24-22)26(19)23(28)25-18-8-6-16(7-9-18)15-4-2-1-3-5-15/h1-9,13-14,19,21H,10-12H2,(H,24,27)(H,25,28)/t19-,21+/m1/s1. The number of urea groups is 1. The maximum Gasteiger partial charge on any atom is 0.322 e. The number of aromatic amines is 1. The number of pyridine rings is 1. The van der Waals surface area contributed by atoms with Crippen molar-refractivity contribution in [3.05, 3.63) is 88.3 Å². The molecule has 1 fully saturated rings. The van der Waals surface area contributed by atoms with E-state index in [4.69, 9.17) is 0 Å². The molecule has 140 valence electrons. The number of aromatic nitrogens is 1. The topological polar surface area (TPSA) is 65.2 Å². The second kappa shape index (κ2) is 6.68. The van der Waals surface area contributed by atoms with Gasteiger partial charge in [0.2, 0.25) is 5.56 Å². The van der Waals surface area contributed by atoms with E-state index in [2.05, 4.69) is 22.4 Å². The van der Waals surface area contributed by atoms with Crippen molar-refractivity contribution in [1.29, 1.82) is 0 Å². The number of anilines is 1. The van der Waals surface area contributed by atoms with Gasteiger partial charge in [0.05, 0.1) is 6.04 Å². The summed E-state index contributed by atoms with van der Waals surface area (Å²) in [6.45, 7) is 0. The van der Waals surface area contributed by atoms with Crippen molar-refractivity contribution in [3.8, 4) is 11.1 Å². The fourth-order valence-corrected chi connectivity index (χ4v) is 4.53. The Morgan fingerprint density at radius 1 is 1.00 bits per heavy atom. The van der Waals surface area contributed by atoms with Gasteiger partial charge in [0, 0.05) is 24.0 Å². The lowest BCUT2D eigenvalue weighted by Gasteiger charge is -2.36. The van der Waals surface area contributed by atoms with E-state index in [9.17, 15) is 9.59 Å². The molecular formula is C23H21N3O2. The van der Waals surface area contributed by atoms with Crippen LogP contribution in [-0.2, 0) is 6.42 Å². The van der Waals surface area contributed by atoms with Gasteiger partial charge in [-0.25, -0.2) is 4.79 Å². The lowest BCUT2D eigenvalue weighted by atomic mass is 9.95. The number of hydrogen-bond acceptors (Lipinski definition) is 2. The maximum absolute atomic E-state index is 13.0. The van der Waals surface area contributed by atoms with E-state index in [-0.39, 0.29) is 23.7 Å². The van der Waals surface area contributed by atoms with Crippen LogP contribution in [-0.4, -0.2) is 22.0 Å². The number of fused-ring (bicyclic) bond motifs is 4. The molecular weight excluding hydrogens is 350 g/mol. The number of hydrogen-bond donors (Lipinski definition) is 2. The molecule has 2 aromatic carbocycles. The van der Waals surface area contributed by atoms with Crippen LogP contribution in [0.15, 0.2) is 71.7 Å². The quantitative estimate of drug-likeness (QED) is 0.704. The molecule has 5 heteroatoms. The van der Waals surface area contributed by atoms with Gasteiger partial charge in [-0.15, -0.1) is 0 Å². The molecule has 0 spiro atoms. The summed E-state index contributed by atoms with van der Waals surface area (Å²) in [4.78, 5) is 29.3. The predicted octanol–water partition coefficient (Wildman–Crippen LogP) is 4.34. The summed E-state index contributed by atoms with van der Waals surface area (Å²) >= 11 is 0. The molecule has 3 heterocycles. The first-order valence-corrected chi connectivity index (χ1v) is 9.65. The van der Waals surface area contributed by atoms with Crippen molar-refractivity contribution in [1.82, 2.24) is 9.88 Å². The van der Waals surface area contributed by atoms with Crippen LogP contribution in [0.3, 0.4) is 0 Å². The molecule has 5 rings (SSSR count). The number of rotatable bonds is 2. The van der Waals surface area contributed by atoms with Crippen LogP contribution in [0.25, 0.3) is 11.1 Å². The van der Waals surface area contributed by atoms with E-state index in [1.807, 2.05) is 47.4 Å². The largest absolute Gasteiger partial charge is 0.329 e. The Morgan fingerprint density at radius 3 is 2.54 bits per heavy atom. The Kier molecular flexibility index (Phi) is 4.01. The summed E-state index contributed by atoms with van der Waals surface area (Å²) in [6.07, 6.45) is 4.42. The number of amides is 2. The van der Waals surface area contributed by atoms with E-state index in [0.717, 1.165) is 47.2 Å². The molecule has 0 unspecified atom stereocenters. The second-order valence-electron chi connectivity index (χ2n) is 7.51. The molecule has 5 nitrogen and oxygen atoms in total. The molecule has 1 aromatic heterocycles. The Hall–Kier alpha value is -3.34. The number of carbonyl (C=O) groups is 1. The van der Waals surface area contributed by atoms with Crippen molar-refractivity contribution in [2.24, 2.45) is 0 Å². The molecule has 2 aliphatic rings. The fourth-order valence-electron chi connectivity index (χ4n) is 4.53. The minimum atomic E-state index is -0.0745. The van der Waals surface area contributed by atoms with Crippen molar-refractivity contribution in [2.45, 2.75) is 31.3 Å². The highest BCUT2D eigenvalue weighted by Crippen LogP contribution is 2.43. The zero-order valence-corrected chi connectivity index (χ0v) is 15.4. The Bertz CT molecular complexity index is 1070. The first-order valence-electron chi connectivity index (χ1n) is 9.65. The second-order valence-corrected chi connectivity index (χ2v) is 7.51. The van der Waals surface area contributed by atoms with E-state index >= 15 is 0 Å². The zero-order chi connectivity index (χ0) is 19.1. The highest BCUT2D eigenvalue weighted by Gasteiger charge is 2.42. The number of nitrogens with zero attached hydrogens (tertiary/aromatic N) is 1. The summed E-state index contributed by atoms with van der Waals surface area (Å²) in [5.74, 6) is 0. The third kappa shape index (κ3) is 2.89. The van der Waals surface area contributed by atoms with Gasteiger partial charge in [0.1, 0.15) is 0 Å². The van der Waals surface area contributed by atoms with Crippen LogP contribution >= 0.6 is 0 Å². The van der Waals surface area contributed by atoms with Gasteiger partial charge in [-0.2, -0.15) is 0 Å². The summed E-state index contributed by atoms with van der Waals surface area (Å²) in [5, 5.41) is 3.05. The van der Waals surface area contributed by atoms with E-state index in [1.165, 1.54) is 0 Å². The summed E-state index contributed by atoms with van der Waals surface area (Å²) in [7, 11) is 0. The van der Waals surface area contributed by atoms with Crippen LogP contribution in [0.4, 0.5) is 10.5 Å². The predicted molar refractivity (Wildman–Crippen MR) is 109 cm³/mol. The van der Waals surface area contributed by atoms with Crippen LogP contribution < -0.4 is 10.9 Å². The van der Waals surface area contributed by atoms with Gasteiger partial charge in [0.15, 0.2) is 0 Å². The number of carbonyl (C=O) groups excluding carboxylic acids is 1. The fraction of sp³-hybridized carbons (Fsp3) is 0.217. The minimum absolute atomic E-state index is 0.0363. The van der Waals surface area contributed by atoms with Crippen molar-refractivity contribution in [2.75, 3.05) is 5.32 Å². The zero-order valence-electron chi connectivity index (χ0n) is 15.4. The van der Waals surface area contributed by atoms with Crippen LogP contribution in [0, 0.1) is 0 Å². The lowest BCUT2D eigenvalue weighted by Crippen LogP contribution is -2.44. The SMILES string of the molecule is O=C(Nc1ccc(-c2ccccc2)cc1)N1[C@@H]2CC[C@H]1c1c[nH]c(=O)cc1C2. The van der Waals surface area contributed by atoms with E-state index in [0.29, 0.717) is 0 Å². The van der Waals surface area contributed by atoms with Gasteiger partial charge in [-0.05, 0) is 53.6 Å². The summed E-state index contributed by atoms with van der Waals surface area (Å²) in [6, 6.07) is 19.9. The Labute approximate surface area is 163 Å². The molecule has 2 atom stereocenters. The lowest BCUT2D eigenvalue weighted by molar-refractivity contribution is 0.179. The number of benzene rings is 2. The Balaban J connectivity index is 1.35. The molecule has 28 heavy (non-hydrogen) atoms. The van der Waals surface area contributed by atoms with Gasteiger partial charge < -0.3 is 15.2 Å². The van der Waals surface area contributed by atoms with Crippen molar-refractivity contribution >= 4 is 11.7 Å². The maximum atomic E-state index is 13.0. The van der Waals surface area contributed by atoms with Gasteiger partial charge in [0.25, 0.3) is 0 Å². The highest BCUT2D eigenvalue weighted by molar-refractivity contribution is 5.90. The first kappa shape index (κ1) is 16.8. The smallest absolute Gasteiger partial charge is 0.322 e. The molecule has 2 amide bonds. The molecule has 3 aromatic rings. The molecule has 0 aliphatic carbocycles. The van der Waals surface area contributed by atoms with Gasteiger partial charge in [-0.3, -0.25) is 4.79 Å². The van der Waals surface area contributed by atoms with Crippen LogP contribution in [0.5, 0.6) is 0 Å². The number of nitrogens with one attached hydrogen (secondary N) is 2. The Morgan fingerprint density at radius 2 is 1.75 bits per heavy atom. The third-order valence-corrected chi connectivity index (χ3v) is 5.84. The molecule has 2 bridgehead atoms. The molecule has 2 aliphatic heterocycles. The average Bonchev–Trinajstić information content (AvgIpc) is 3.04. The summed E-state index contributed by atoms with van der Waals surface area (Å²) < 4.78 is 0. The monoisotopic (exact) mass is 371 g/mol. The molecule has 2 N–H and O–H groups in total. The van der Waals surface area contributed by atoms with E-state index < -0.39 is 0 Å². The average molecular weight is 371 g/mol. The first-order chi connectivity index (χ1) is 13.7. The third-order valence-electron chi connectivity index (χ3n) is 5.84. The highest BCUT2D eigenvalue weighted by atomic mass is 16.2. The molecule has 0 saturated carbocycles. The van der Waals surface area contributed by atoms with Crippen LogP contribution in [0.1, 0.15) is 30.0 Å². The minimum Gasteiger partial charge on any atom is -0.329 e. The summed E-state index contributed by atoms with van der Waals surface area (Å²) in [5.41, 5.74) is 5.14. The van der Waals surface area contributed by atoms with Gasteiger partial charge >= 0.3 is 6.03 Å². The van der Waals surface area contributed by atoms with Crippen molar-refractivity contribution in [3.63, 3.8) is 0 Å². The van der Waals surface area contributed by atoms with E-state index in [1.54, 1.807) is 12.3 Å². The molecule has 1 saturated heterocycles. The normalized spacial score (nSPS) is 19.9. The van der Waals surface area contributed by atoms with Crippen LogP contribution in [0.2, 0.25) is 0 Å². The van der Waals surface area contributed by atoms with Gasteiger partial charge in [-0.1, -0.05) is 42.5 Å². The number of H-pyrrole nitrogens is 1. The van der Waals surface area contributed by atoms with Crippen molar-refractivity contribution < 1.29 is 4.79 Å². The molecule has 0 radical (unpaired) electrons.